The fourth-order valence-corrected chi connectivity index (χ4v) is 2.54. The molecule has 0 radical (unpaired) electrons. The first kappa shape index (κ1) is 16.8. The van der Waals surface area contributed by atoms with Crippen LogP contribution in [0, 0.1) is 6.92 Å². The molecular formula is C19H20N2O4. The van der Waals surface area contributed by atoms with Gasteiger partial charge < -0.3 is 20.1 Å². The van der Waals surface area contributed by atoms with Crippen LogP contribution in [0.2, 0.25) is 0 Å². The average molecular weight is 340 g/mol. The zero-order chi connectivity index (χ0) is 18.0. The zero-order valence-electron chi connectivity index (χ0n) is 14.4. The summed E-state index contributed by atoms with van der Waals surface area (Å²) >= 11 is 0. The first-order valence-electron chi connectivity index (χ1n) is 8.08. The number of carbonyl (C=O) groups excluding carboxylic acids is 2. The van der Waals surface area contributed by atoms with E-state index >= 15 is 0 Å². The van der Waals surface area contributed by atoms with Crippen LogP contribution in [0.5, 0.6) is 11.5 Å². The van der Waals surface area contributed by atoms with Crippen molar-refractivity contribution in [3.63, 3.8) is 0 Å². The van der Waals surface area contributed by atoms with Gasteiger partial charge in [-0.15, -0.1) is 0 Å². The predicted molar refractivity (Wildman–Crippen MR) is 95.1 cm³/mol. The number of nitrogens with one attached hydrogen (secondary N) is 2. The van der Waals surface area contributed by atoms with Crippen LogP contribution in [0.25, 0.3) is 0 Å². The van der Waals surface area contributed by atoms with Crippen LogP contribution in [0.15, 0.2) is 42.5 Å². The number of carbonyl (C=O) groups is 2. The van der Waals surface area contributed by atoms with Crippen molar-refractivity contribution in [2.45, 2.75) is 26.4 Å². The average Bonchev–Trinajstić information content (AvgIpc) is 2.58. The van der Waals surface area contributed by atoms with E-state index in [1.807, 2.05) is 19.9 Å². The van der Waals surface area contributed by atoms with Gasteiger partial charge in [0.1, 0.15) is 11.5 Å². The third-order valence-electron chi connectivity index (χ3n) is 3.99. The minimum Gasteiger partial charge on any atom is -0.494 e. The Labute approximate surface area is 146 Å². The molecule has 2 aromatic rings. The lowest BCUT2D eigenvalue weighted by atomic mass is 10.0. The van der Waals surface area contributed by atoms with E-state index in [1.54, 1.807) is 36.4 Å². The lowest BCUT2D eigenvalue weighted by Crippen LogP contribution is -2.56. The summed E-state index contributed by atoms with van der Waals surface area (Å²) in [4.78, 5) is 25.1. The Kier molecular flexibility index (Phi) is 4.35. The Balaban J connectivity index is 1.78. The SMILES string of the molecule is CCOc1ccc(NC(=O)C2(C)Oc3ccc(C)cc3NC2=O)cc1. The molecule has 2 N–H and O–H groups in total. The molecule has 0 bridgehead atoms. The van der Waals surface area contributed by atoms with Crippen molar-refractivity contribution in [2.75, 3.05) is 17.2 Å². The molecular weight excluding hydrogens is 320 g/mol. The molecule has 0 saturated heterocycles. The van der Waals surface area contributed by atoms with Crippen molar-refractivity contribution < 1.29 is 19.1 Å². The van der Waals surface area contributed by atoms with Gasteiger partial charge >= 0.3 is 0 Å². The quantitative estimate of drug-likeness (QED) is 0.839. The van der Waals surface area contributed by atoms with Crippen LogP contribution < -0.4 is 20.1 Å². The van der Waals surface area contributed by atoms with Gasteiger partial charge in [0.25, 0.3) is 17.4 Å². The van der Waals surface area contributed by atoms with Crippen LogP contribution in [0.1, 0.15) is 19.4 Å². The molecule has 25 heavy (non-hydrogen) atoms. The summed E-state index contributed by atoms with van der Waals surface area (Å²) in [5.41, 5.74) is 0.461. The number of anilines is 2. The minimum absolute atomic E-state index is 0.467. The van der Waals surface area contributed by atoms with Gasteiger partial charge in [-0.25, -0.2) is 0 Å². The number of benzene rings is 2. The third-order valence-corrected chi connectivity index (χ3v) is 3.99. The molecule has 1 aliphatic heterocycles. The summed E-state index contributed by atoms with van der Waals surface area (Å²) in [7, 11) is 0. The summed E-state index contributed by atoms with van der Waals surface area (Å²) in [5, 5.41) is 5.45. The van der Waals surface area contributed by atoms with Crippen molar-refractivity contribution >= 4 is 23.2 Å². The topological polar surface area (TPSA) is 76.7 Å². The van der Waals surface area contributed by atoms with Crippen LogP contribution in [-0.4, -0.2) is 24.0 Å². The second-order valence-electron chi connectivity index (χ2n) is 6.00. The van der Waals surface area contributed by atoms with Crippen LogP contribution in [-0.2, 0) is 9.59 Å². The molecule has 6 nitrogen and oxygen atoms in total. The lowest BCUT2D eigenvalue weighted by Gasteiger charge is -2.33. The highest BCUT2D eigenvalue weighted by Crippen LogP contribution is 2.34. The molecule has 0 fully saturated rings. The number of hydrogen-bond donors (Lipinski definition) is 2. The Morgan fingerprint density at radius 1 is 1.24 bits per heavy atom. The maximum absolute atomic E-state index is 12.7. The second kappa shape index (κ2) is 6.47. The van der Waals surface area contributed by atoms with Gasteiger partial charge in [0, 0.05) is 5.69 Å². The molecule has 1 aliphatic rings. The van der Waals surface area contributed by atoms with Gasteiger partial charge in [0.15, 0.2) is 0 Å². The monoisotopic (exact) mass is 340 g/mol. The molecule has 2 amide bonds. The summed E-state index contributed by atoms with van der Waals surface area (Å²) in [6, 6.07) is 12.3. The number of rotatable bonds is 4. The van der Waals surface area contributed by atoms with E-state index in [4.69, 9.17) is 9.47 Å². The molecule has 3 rings (SSSR count). The molecule has 2 aromatic carbocycles. The van der Waals surface area contributed by atoms with Crippen molar-refractivity contribution in [1.82, 2.24) is 0 Å². The first-order valence-corrected chi connectivity index (χ1v) is 8.08. The Hall–Kier alpha value is -3.02. The van der Waals surface area contributed by atoms with Crippen LogP contribution >= 0.6 is 0 Å². The maximum atomic E-state index is 12.7. The van der Waals surface area contributed by atoms with Gasteiger partial charge in [0.2, 0.25) is 0 Å². The molecule has 0 spiro atoms. The highest BCUT2D eigenvalue weighted by molar-refractivity contribution is 6.19. The number of amides is 2. The number of aryl methyl sites for hydroxylation is 1. The largest absolute Gasteiger partial charge is 0.494 e. The van der Waals surface area contributed by atoms with E-state index in [-0.39, 0.29) is 0 Å². The summed E-state index contributed by atoms with van der Waals surface area (Å²) in [6.45, 7) is 5.83. The van der Waals surface area contributed by atoms with E-state index < -0.39 is 17.4 Å². The molecule has 1 unspecified atom stereocenters. The molecule has 6 heteroatoms. The standard InChI is InChI=1S/C19H20N2O4/c1-4-24-14-8-6-13(7-9-14)20-17(22)19(3)18(23)21-15-11-12(2)5-10-16(15)25-19/h5-11H,4H2,1-3H3,(H,20,22)(H,21,23). The molecule has 1 atom stereocenters. The summed E-state index contributed by atoms with van der Waals surface area (Å²) < 4.78 is 11.1. The molecule has 0 aliphatic carbocycles. The minimum atomic E-state index is -1.65. The summed E-state index contributed by atoms with van der Waals surface area (Å²) in [5.74, 6) is 0.131. The van der Waals surface area contributed by atoms with Crippen molar-refractivity contribution in [1.29, 1.82) is 0 Å². The van der Waals surface area contributed by atoms with Crippen molar-refractivity contribution in [3.05, 3.63) is 48.0 Å². The molecule has 0 aromatic heterocycles. The maximum Gasteiger partial charge on any atom is 0.278 e. The van der Waals surface area contributed by atoms with Gasteiger partial charge in [0.05, 0.1) is 12.3 Å². The van der Waals surface area contributed by atoms with Gasteiger partial charge in [-0.2, -0.15) is 0 Å². The third kappa shape index (κ3) is 3.28. The van der Waals surface area contributed by atoms with E-state index in [9.17, 15) is 9.59 Å². The normalized spacial score (nSPS) is 18.6. The van der Waals surface area contributed by atoms with E-state index in [0.29, 0.717) is 29.5 Å². The molecule has 1 heterocycles. The van der Waals surface area contributed by atoms with E-state index in [1.165, 1.54) is 6.92 Å². The summed E-state index contributed by atoms with van der Waals surface area (Å²) in [6.07, 6.45) is 0. The molecule has 0 saturated carbocycles. The van der Waals surface area contributed by atoms with Crippen molar-refractivity contribution in [3.8, 4) is 11.5 Å². The van der Waals surface area contributed by atoms with Crippen LogP contribution in [0.4, 0.5) is 11.4 Å². The predicted octanol–water partition coefficient (Wildman–Crippen LogP) is 3.12. The lowest BCUT2D eigenvalue weighted by molar-refractivity contribution is -0.143. The smallest absolute Gasteiger partial charge is 0.278 e. The Bertz CT molecular complexity index is 817. The number of ether oxygens (including phenoxy) is 2. The van der Waals surface area contributed by atoms with Gasteiger partial charge in [-0.1, -0.05) is 6.07 Å². The van der Waals surface area contributed by atoms with E-state index in [2.05, 4.69) is 10.6 Å². The van der Waals surface area contributed by atoms with Crippen molar-refractivity contribution in [2.24, 2.45) is 0 Å². The zero-order valence-corrected chi connectivity index (χ0v) is 14.4. The number of fused-ring (bicyclic) bond motifs is 1. The second-order valence-corrected chi connectivity index (χ2v) is 6.00. The Morgan fingerprint density at radius 2 is 1.96 bits per heavy atom. The van der Waals surface area contributed by atoms with Crippen LogP contribution in [0.3, 0.4) is 0 Å². The van der Waals surface area contributed by atoms with E-state index in [0.717, 1.165) is 5.56 Å². The Morgan fingerprint density at radius 3 is 2.64 bits per heavy atom. The highest BCUT2D eigenvalue weighted by atomic mass is 16.5. The van der Waals surface area contributed by atoms with Gasteiger partial charge in [-0.3, -0.25) is 9.59 Å². The highest BCUT2D eigenvalue weighted by Gasteiger charge is 2.47. The molecule has 130 valence electrons. The number of hydrogen-bond acceptors (Lipinski definition) is 4. The fraction of sp³-hybridized carbons (Fsp3) is 0.263. The first-order chi connectivity index (χ1) is 11.9. The fourth-order valence-electron chi connectivity index (χ4n) is 2.54. The van der Waals surface area contributed by atoms with Gasteiger partial charge in [-0.05, 0) is 62.7 Å².